The highest BCUT2D eigenvalue weighted by Crippen LogP contribution is 2.08. The third-order valence-electron chi connectivity index (χ3n) is 3.45. The normalized spacial score (nSPS) is 11.2. The Kier molecular flexibility index (Phi) is 6.98. The average Bonchev–Trinajstić information content (AvgIpc) is 3.11. The van der Waals surface area contributed by atoms with Gasteiger partial charge < -0.3 is 19.8 Å². The number of carbonyl (C=O) groups excluding carboxylic acids is 2. The Balaban J connectivity index is 2.10. The minimum absolute atomic E-state index is 0.123. The average molecular weight is 342 g/mol. The van der Waals surface area contributed by atoms with Gasteiger partial charge in [0.25, 0.3) is 11.8 Å². The van der Waals surface area contributed by atoms with E-state index in [9.17, 15) is 9.59 Å². The number of amides is 2. The number of hydrogen-bond acceptors (Lipinski definition) is 4. The van der Waals surface area contributed by atoms with Crippen molar-refractivity contribution in [2.45, 2.75) is 13.3 Å². The Hall–Kier alpha value is -2.86. The minimum Gasteiger partial charge on any atom is -0.465 e. The van der Waals surface area contributed by atoms with Crippen LogP contribution in [0.5, 0.6) is 0 Å². The number of furan rings is 1. The lowest BCUT2D eigenvalue weighted by atomic mass is 10.1. The first-order chi connectivity index (χ1) is 12.1. The van der Waals surface area contributed by atoms with Gasteiger partial charge in [-0.15, -0.1) is 0 Å². The monoisotopic (exact) mass is 342 g/mol. The molecule has 2 N–H and O–H groups in total. The number of methoxy groups -OCH3 is 1. The van der Waals surface area contributed by atoms with Gasteiger partial charge in [0.15, 0.2) is 0 Å². The SMILES string of the molecule is COCCCNC(=O)C(=Cc1ccco1)NC(=O)c1ccc(C)cc1. The molecule has 2 aromatic rings. The third kappa shape index (κ3) is 5.93. The molecule has 1 aromatic carbocycles. The highest BCUT2D eigenvalue weighted by Gasteiger charge is 2.15. The molecule has 6 heteroatoms. The molecule has 2 amide bonds. The smallest absolute Gasteiger partial charge is 0.267 e. The van der Waals surface area contributed by atoms with E-state index in [0.717, 1.165) is 5.56 Å². The van der Waals surface area contributed by atoms with Crippen molar-refractivity contribution < 1.29 is 18.7 Å². The number of benzene rings is 1. The van der Waals surface area contributed by atoms with Crippen LogP contribution < -0.4 is 10.6 Å². The number of nitrogens with one attached hydrogen (secondary N) is 2. The van der Waals surface area contributed by atoms with Crippen LogP contribution in [0.15, 0.2) is 52.8 Å². The third-order valence-corrected chi connectivity index (χ3v) is 3.45. The van der Waals surface area contributed by atoms with Crippen molar-refractivity contribution in [1.82, 2.24) is 10.6 Å². The van der Waals surface area contributed by atoms with Crippen LogP contribution in [0.1, 0.15) is 28.1 Å². The Bertz CT molecular complexity index is 718. The van der Waals surface area contributed by atoms with E-state index in [1.165, 1.54) is 12.3 Å². The number of rotatable bonds is 8. The van der Waals surface area contributed by atoms with Crippen LogP contribution in [-0.2, 0) is 9.53 Å². The molecular formula is C19H22N2O4. The van der Waals surface area contributed by atoms with Gasteiger partial charge in [0.05, 0.1) is 6.26 Å². The van der Waals surface area contributed by atoms with Gasteiger partial charge in [-0.05, 0) is 37.6 Å². The van der Waals surface area contributed by atoms with Gasteiger partial charge in [-0.1, -0.05) is 17.7 Å². The first-order valence-electron chi connectivity index (χ1n) is 8.00. The van der Waals surface area contributed by atoms with E-state index in [1.807, 2.05) is 19.1 Å². The van der Waals surface area contributed by atoms with Crippen molar-refractivity contribution in [3.8, 4) is 0 Å². The summed E-state index contributed by atoms with van der Waals surface area (Å²) >= 11 is 0. The summed E-state index contributed by atoms with van der Waals surface area (Å²) in [7, 11) is 1.60. The van der Waals surface area contributed by atoms with Gasteiger partial charge in [0.1, 0.15) is 11.5 Å². The molecule has 1 aromatic heterocycles. The lowest BCUT2D eigenvalue weighted by Crippen LogP contribution is -2.35. The maximum Gasteiger partial charge on any atom is 0.267 e. The number of hydrogen-bond donors (Lipinski definition) is 2. The molecule has 132 valence electrons. The van der Waals surface area contributed by atoms with Crippen LogP contribution in [0.25, 0.3) is 6.08 Å². The summed E-state index contributed by atoms with van der Waals surface area (Å²) in [5, 5.41) is 5.40. The summed E-state index contributed by atoms with van der Waals surface area (Å²) in [6.07, 6.45) is 3.68. The van der Waals surface area contributed by atoms with Crippen LogP contribution in [0.2, 0.25) is 0 Å². The van der Waals surface area contributed by atoms with Crippen molar-refractivity contribution in [1.29, 1.82) is 0 Å². The summed E-state index contributed by atoms with van der Waals surface area (Å²) < 4.78 is 10.2. The van der Waals surface area contributed by atoms with Crippen LogP contribution in [0.3, 0.4) is 0 Å². The Morgan fingerprint density at radius 1 is 1.20 bits per heavy atom. The standard InChI is InChI=1S/C19H22N2O4/c1-14-6-8-15(9-7-14)18(22)21-17(13-16-5-3-12-25-16)19(23)20-10-4-11-24-2/h3,5-9,12-13H,4,10-11H2,1-2H3,(H,20,23)(H,21,22). The molecule has 0 saturated heterocycles. The zero-order chi connectivity index (χ0) is 18.1. The van der Waals surface area contributed by atoms with Gasteiger partial charge in [0.2, 0.25) is 0 Å². The fourth-order valence-electron chi connectivity index (χ4n) is 2.09. The maximum atomic E-state index is 12.4. The van der Waals surface area contributed by atoms with Crippen LogP contribution >= 0.6 is 0 Å². The molecule has 0 aliphatic carbocycles. The van der Waals surface area contributed by atoms with Crippen LogP contribution in [0, 0.1) is 6.92 Å². The van der Waals surface area contributed by atoms with E-state index in [1.54, 1.807) is 31.4 Å². The molecule has 0 bridgehead atoms. The topological polar surface area (TPSA) is 80.6 Å². The first kappa shape index (κ1) is 18.5. The highest BCUT2D eigenvalue weighted by atomic mass is 16.5. The second-order valence-corrected chi connectivity index (χ2v) is 5.50. The fraction of sp³-hybridized carbons (Fsp3) is 0.263. The zero-order valence-corrected chi connectivity index (χ0v) is 14.4. The number of carbonyl (C=O) groups is 2. The number of ether oxygens (including phenoxy) is 1. The second-order valence-electron chi connectivity index (χ2n) is 5.50. The van der Waals surface area contributed by atoms with E-state index < -0.39 is 0 Å². The first-order valence-corrected chi connectivity index (χ1v) is 8.00. The Morgan fingerprint density at radius 3 is 2.60 bits per heavy atom. The minimum atomic E-state index is -0.382. The summed E-state index contributed by atoms with van der Waals surface area (Å²) in [5.74, 6) is -0.260. The van der Waals surface area contributed by atoms with Crippen molar-refractivity contribution in [2.75, 3.05) is 20.3 Å². The largest absolute Gasteiger partial charge is 0.465 e. The van der Waals surface area contributed by atoms with Gasteiger partial charge >= 0.3 is 0 Å². The quantitative estimate of drug-likeness (QED) is 0.571. The van der Waals surface area contributed by atoms with Crippen molar-refractivity contribution in [2.24, 2.45) is 0 Å². The zero-order valence-electron chi connectivity index (χ0n) is 14.4. The molecular weight excluding hydrogens is 320 g/mol. The Labute approximate surface area is 146 Å². The summed E-state index contributed by atoms with van der Waals surface area (Å²) in [5.41, 5.74) is 1.65. The molecule has 0 aliphatic heterocycles. The van der Waals surface area contributed by atoms with Crippen molar-refractivity contribution in [3.05, 3.63) is 65.2 Å². The predicted octanol–water partition coefficient (Wildman–Crippen LogP) is 2.51. The van der Waals surface area contributed by atoms with Gasteiger partial charge in [-0.25, -0.2) is 0 Å². The van der Waals surface area contributed by atoms with Crippen LogP contribution in [0.4, 0.5) is 0 Å². The fourth-order valence-corrected chi connectivity index (χ4v) is 2.09. The maximum absolute atomic E-state index is 12.4. The van der Waals surface area contributed by atoms with Crippen LogP contribution in [-0.4, -0.2) is 32.1 Å². The lowest BCUT2D eigenvalue weighted by molar-refractivity contribution is -0.117. The molecule has 1 heterocycles. The molecule has 0 unspecified atom stereocenters. The van der Waals surface area contributed by atoms with E-state index in [0.29, 0.717) is 30.9 Å². The summed E-state index contributed by atoms with van der Waals surface area (Å²) in [6, 6.07) is 10.5. The van der Waals surface area contributed by atoms with E-state index in [4.69, 9.17) is 9.15 Å². The number of aryl methyl sites for hydroxylation is 1. The van der Waals surface area contributed by atoms with E-state index >= 15 is 0 Å². The Morgan fingerprint density at radius 2 is 1.96 bits per heavy atom. The molecule has 0 spiro atoms. The van der Waals surface area contributed by atoms with E-state index in [-0.39, 0.29) is 17.5 Å². The molecule has 0 saturated carbocycles. The van der Waals surface area contributed by atoms with Crippen molar-refractivity contribution >= 4 is 17.9 Å². The van der Waals surface area contributed by atoms with Gasteiger partial charge in [0, 0.05) is 31.9 Å². The highest BCUT2D eigenvalue weighted by molar-refractivity contribution is 6.05. The molecule has 6 nitrogen and oxygen atoms in total. The lowest BCUT2D eigenvalue weighted by Gasteiger charge is -2.11. The summed E-state index contributed by atoms with van der Waals surface area (Å²) in [4.78, 5) is 24.8. The predicted molar refractivity (Wildman–Crippen MR) is 94.8 cm³/mol. The molecule has 0 atom stereocenters. The molecule has 0 aliphatic rings. The molecule has 0 radical (unpaired) electrons. The van der Waals surface area contributed by atoms with Gasteiger partial charge in [-0.2, -0.15) is 0 Å². The molecule has 2 rings (SSSR count). The van der Waals surface area contributed by atoms with Gasteiger partial charge in [-0.3, -0.25) is 9.59 Å². The van der Waals surface area contributed by atoms with Crippen molar-refractivity contribution in [3.63, 3.8) is 0 Å². The molecule has 0 fully saturated rings. The second kappa shape index (κ2) is 9.44. The molecule has 25 heavy (non-hydrogen) atoms. The summed E-state index contributed by atoms with van der Waals surface area (Å²) in [6.45, 7) is 2.94. The van der Waals surface area contributed by atoms with E-state index in [2.05, 4.69) is 10.6 Å².